The number of anilines is 1. The number of rotatable bonds is 2. The van der Waals surface area contributed by atoms with E-state index in [9.17, 15) is 0 Å². The Kier molecular flexibility index (Phi) is 5.13. The molecule has 0 spiro atoms. The van der Waals surface area contributed by atoms with E-state index in [1.165, 1.54) is 37.4 Å². The Morgan fingerprint density at radius 3 is 2.55 bits per heavy atom. The Bertz CT molecular complexity index is 460. The van der Waals surface area contributed by atoms with Gasteiger partial charge in [-0.1, -0.05) is 11.6 Å². The van der Waals surface area contributed by atoms with Crippen molar-refractivity contribution in [3.63, 3.8) is 0 Å². The van der Waals surface area contributed by atoms with Gasteiger partial charge in [0.2, 0.25) is 0 Å². The minimum Gasteiger partial charge on any atom is -0.355 e. The highest BCUT2D eigenvalue weighted by molar-refractivity contribution is 9.10. The van der Waals surface area contributed by atoms with Crippen LogP contribution in [0.25, 0.3) is 0 Å². The maximum Gasteiger partial charge on any atom is 0.147 e. The predicted molar refractivity (Wildman–Crippen MR) is 91.1 cm³/mol. The van der Waals surface area contributed by atoms with Gasteiger partial charge >= 0.3 is 0 Å². The first kappa shape index (κ1) is 14.9. The lowest BCUT2D eigenvalue weighted by molar-refractivity contribution is 0.185. The molecule has 0 radical (unpaired) electrons. The lowest BCUT2D eigenvalue weighted by Gasteiger charge is -2.40. The highest BCUT2D eigenvalue weighted by atomic mass is 79.9. The molecule has 0 N–H and O–H groups in total. The van der Waals surface area contributed by atoms with E-state index in [2.05, 4.69) is 42.5 Å². The molecule has 0 atom stereocenters. The molecule has 0 amide bonds. The van der Waals surface area contributed by atoms with E-state index < -0.39 is 0 Å². The second-order valence-electron chi connectivity index (χ2n) is 5.33. The van der Waals surface area contributed by atoms with E-state index >= 15 is 0 Å². The van der Waals surface area contributed by atoms with Crippen molar-refractivity contribution >= 4 is 45.1 Å². The van der Waals surface area contributed by atoms with E-state index in [4.69, 9.17) is 11.6 Å². The Labute approximate surface area is 138 Å². The van der Waals surface area contributed by atoms with Crippen molar-refractivity contribution in [2.24, 2.45) is 0 Å². The largest absolute Gasteiger partial charge is 0.355 e. The lowest BCUT2D eigenvalue weighted by atomic mass is 10.0. The topological polar surface area (TPSA) is 19.4 Å². The summed E-state index contributed by atoms with van der Waals surface area (Å²) in [6.07, 6.45) is 4.27. The summed E-state index contributed by atoms with van der Waals surface area (Å²) in [7, 11) is 0. The van der Waals surface area contributed by atoms with Crippen LogP contribution in [0, 0.1) is 0 Å². The first-order valence-electron chi connectivity index (χ1n) is 7.12. The number of thioether (sulfide) groups is 1. The number of nitrogens with zero attached hydrogens (tertiary/aromatic N) is 3. The maximum absolute atomic E-state index is 6.30. The summed E-state index contributed by atoms with van der Waals surface area (Å²) in [5.74, 6) is 3.52. The molecule has 3 heterocycles. The number of aromatic nitrogens is 1. The molecule has 1 aromatic heterocycles. The third-order valence-corrected chi connectivity index (χ3v) is 5.77. The van der Waals surface area contributed by atoms with Gasteiger partial charge < -0.3 is 4.90 Å². The third kappa shape index (κ3) is 3.43. The van der Waals surface area contributed by atoms with Gasteiger partial charge in [-0.25, -0.2) is 4.98 Å². The molecule has 3 rings (SSSR count). The van der Waals surface area contributed by atoms with Crippen molar-refractivity contribution in [3.05, 3.63) is 21.8 Å². The van der Waals surface area contributed by atoms with Gasteiger partial charge in [-0.2, -0.15) is 11.8 Å². The molecule has 0 aliphatic carbocycles. The summed E-state index contributed by atoms with van der Waals surface area (Å²) in [5, 5.41) is 0.743. The van der Waals surface area contributed by atoms with Crippen LogP contribution in [0.2, 0.25) is 5.02 Å². The molecule has 6 heteroatoms. The summed E-state index contributed by atoms with van der Waals surface area (Å²) in [6.45, 7) is 4.63. The zero-order valence-corrected chi connectivity index (χ0v) is 14.6. The molecule has 2 saturated heterocycles. The Balaban J connectivity index is 1.60. The van der Waals surface area contributed by atoms with Gasteiger partial charge in [-0.15, -0.1) is 0 Å². The zero-order valence-electron chi connectivity index (χ0n) is 11.4. The number of pyridine rings is 1. The molecule has 2 fully saturated rings. The fourth-order valence-electron chi connectivity index (χ4n) is 3.03. The number of halogens is 2. The van der Waals surface area contributed by atoms with E-state index in [-0.39, 0.29) is 0 Å². The van der Waals surface area contributed by atoms with Crippen LogP contribution in [0.1, 0.15) is 12.8 Å². The van der Waals surface area contributed by atoms with Gasteiger partial charge in [0.15, 0.2) is 0 Å². The summed E-state index contributed by atoms with van der Waals surface area (Å²) in [5.41, 5.74) is 0. The maximum atomic E-state index is 6.30. The van der Waals surface area contributed by atoms with Crippen LogP contribution in [0.5, 0.6) is 0 Å². The van der Waals surface area contributed by atoms with Crippen molar-refractivity contribution in [2.75, 3.05) is 42.6 Å². The molecule has 20 heavy (non-hydrogen) atoms. The van der Waals surface area contributed by atoms with Crippen LogP contribution in [0.15, 0.2) is 16.7 Å². The average molecular weight is 377 g/mol. The predicted octanol–water partition coefficient (Wildman–Crippen LogP) is 3.52. The standard InChI is InChI=1S/C14H19BrClN3S/c15-11-9-13(16)14(17-10-11)19-3-1-12(2-4-19)18-5-7-20-8-6-18/h9-10,12H,1-8H2. The molecule has 3 nitrogen and oxygen atoms in total. The monoisotopic (exact) mass is 375 g/mol. The molecule has 1 aromatic rings. The summed E-state index contributed by atoms with van der Waals surface area (Å²) >= 11 is 11.8. The zero-order chi connectivity index (χ0) is 13.9. The normalized spacial score (nSPS) is 22.2. The van der Waals surface area contributed by atoms with Crippen molar-refractivity contribution in [3.8, 4) is 0 Å². The van der Waals surface area contributed by atoms with Gasteiger partial charge in [0.05, 0.1) is 5.02 Å². The van der Waals surface area contributed by atoms with Crippen molar-refractivity contribution in [1.82, 2.24) is 9.88 Å². The van der Waals surface area contributed by atoms with Crippen LogP contribution in [-0.4, -0.2) is 53.6 Å². The van der Waals surface area contributed by atoms with Crippen molar-refractivity contribution < 1.29 is 0 Å². The van der Waals surface area contributed by atoms with E-state index in [0.29, 0.717) is 0 Å². The van der Waals surface area contributed by atoms with Crippen LogP contribution in [0.4, 0.5) is 5.82 Å². The number of hydrogen-bond donors (Lipinski definition) is 0. The lowest BCUT2D eigenvalue weighted by Crippen LogP contribution is -2.48. The molecule has 2 aliphatic rings. The van der Waals surface area contributed by atoms with Crippen LogP contribution in [0.3, 0.4) is 0 Å². The number of piperidine rings is 1. The second kappa shape index (κ2) is 6.86. The van der Waals surface area contributed by atoms with Crippen LogP contribution < -0.4 is 4.90 Å². The van der Waals surface area contributed by atoms with E-state index in [1.807, 2.05) is 12.3 Å². The molecular weight excluding hydrogens is 358 g/mol. The summed E-state index contributed by atoms with van der Waals surface area (Å²) in [4.78, 5) is 9.46. The van der Waals surface area contributed by atoms with E-state index in [0.717, 1.165) is 34.4 Å². The number of hydrogen-bond acceptors (Lipinski definition) is 4. The molecule has 2 aliphatic heterocycles. The minimum absolute atomic E-state index is 0.743. The molecule has 0 saturated carbocycles. The van der Waals surface area contributed by atoms with Gasteiger partial charge in [0, 0.05) is 54.4 Å². The first-order chi connectivity index (χ1) is 9.74. The van der Waals surface area contributed by atoms with Crippen LogP contribution >= 0.6 is 39.3 Å². The fourth-order valence-corrected chi connectivity index (χ4v) is 4.71. The van der Waals surface area contributed by atoms with Crippen molar-refractivity contribution in [2.45, 2.75) is 18.9 Å². The second-order valence-corrected chi connectivity index (χ2v) is 7.87. The molecule has 0 unspecified atom stereocenters. The Morgan fingerprint density at radius 2 is 1.90 bits per heavy atom. The smallest absolute Gasteiger partial charge is 0.147 e. The quantitative estimate of drug-likeness (QED) is 0.786. The van der Waals surface area contributed by atoms with Gasteiger partial charge in [0.1, 0.15) is 5.82 Å². The minimum atomic E-state index is 0.743. The summed E-state index contributed by atoms with van der Waals surface area (Å²) < 4.78 is 0.937. The molecule has 0 bridgehead atoms. The SMILES string of the molecule is Clc1cc(Br)cnc1N1CCC(N2CCSCC2)CC1. The average Bonchev–Trinajstić information content (AvgIpc) is 2.48. The Morgan fingerprint density at radius 1 is 1.20 bits per heavy atom. The highest BCUT2D eigenvalue weighted by Crippen LogP contribution is 2.29. The molecular formula is C14H19BrClN3S. The Hall–Kier alpha value is 0.0300. The van der Waals surface area contributed by atoms with Crippen LogP contribution in [-0.2, 0) is 0 Å². The highest BCUT2D eigenvalue weighted by Gasteiger charge is 2.26. The third-order valence-electron chi connectivity index (χ3n) is 4.11. The van der Waals surface area contributed by atoms with Gasteiger partial charge in [0.25, 0.3) is 0 Å². The summed E-state index contributed by atoms with van der Waals surface area (Å²) in [6, 6.07) is 2.68. The van der Waals surface area contributed by atoms with Crippen molar-refractivity contribution in [1.29, 1.82) is 0 Å². The van der Waals surface area contributed by atoms with Gasteiger partial charge in [-0.05, 0) is 34.8 Å². The molecule has 110 valence electrons. The fraction of sp³-hybridized carbons (Fsp3) is 0.643. The van der Waals surface area contributed by atoms with Gasteiger partial charge in [-0.3, -0.25) is 4.90 Å². The first-order valence-corrected chi connectivity index (χ1v) is 9.44. The molecule has 0 aromatic carbocycles. The van der Waals surface area contributed by atoms with E-state index in [1.54, 1.807) is 0 Å².